The van der Waals surface area contributed by atoms with Crippen LogP contribution in [0.2, 0.25) is 0 Å². The Hall–Kier alpha value is -1.54. The molecule has 0 spiro atoms. The lowest BCUT2D eigenvalue weighted by Gasteiger charge is -2.16. The second-order valence-electron chi connectivity index (χ2n) is 4.83. The van der Waals surface area contributed by atoms with Crippen LogP contribution in [0.25, 0.3) is 0 Å². The van der Waals surface area contributed by atoms with Crippen LogP contribution in [0.1, 0.15) is 36.7 Å². The van der Waals surface area contributed by atoms with Crippen LogP contribution in [0.5, 0.6) is 0 Å². The average molecular weight is 242 g/mol. The fourth-order valence-electron chi connectivity index (χ4n) is 2.38. The first kappa shape index (κ1) is 12.9. The van der Waals surface area contributed by atoms with Crippen molar-refractivity contribution in [2.24, 2.45) is 0 Å². The summed E-state index contributed by atoms with van der Waals surface area (Å²) in [5.74, 6) is 0. The highest BCUT2D eigenvalue weighted by atomic mass is 15.0. The molecule has 2 heteroatoms. The number of rotatable bonds is 5. The van der Waals surface area contributed by atoms with Gasteiger partial charge in [0.05, 0.1) is 0 Å². The maximum atomic E-state index is 3.46. The number of nitrogens with zero attached hydrogens (tertiary/aromatic N) is 1. The first-order chi connectivity index (χ1) is 8.70. The summed E-state index contributed by atoms with van der Waals surface area (Å²) in [7, 11) is 0. The molecule has 2 nitrogen and oxygen atoms in total. The lowest BCUT2D eigenvalue weighted by atomic mass is 10.1. The third kappa shape index (κ3) is 3.02. The average Bonchev–Trinajstić information content (AvgIpc) is 2.77. The van der Waals surface area contributed by atoms with Gasteiger partial charge in [0.1, 0.15) is 0 Å². The van der Waals surface area contributed by atoms with E-state index in [0.29, 0.717) is 6.04 Å². The number of hydrogen-bond donors (Lipinski definition) is 1. The molecule has 0 amide bonds. The van der Waals surface area contributed by atoms with E-state index in [1.165, 1.54) is 16.8 Å². The molecule has 0 bridgehead atoms. The summed E-state index contributed by atoms with van der Waals surface area (Å²) in [6, 6.07) is 13.4. The molecule has 1 aromatic carbocycles. The fourth-order valence-corrected chi connectivity index (χ4v) is 2.38. The van der Waals surface area contributed by atoms with Crippen LogP contribution in [0.3, 0.4) is 0 Å². The van der Waals surface area contributed by atoms with Crippen molar-refractivity contribution in [3.05, 3.63) is 59.4 Å². The minimum atomic E-state index is 0.398. The molecule has 96 valence electrons. The summed E-state index contributed by atoms with van der Waals surface area (Å²) in [5.41, 5.74) is 4.02. The highest BCUT2D eigenvalue weighted by Crippen LogP contribution is 2.15. The molecule has 1 unspecified atom stereocenters. The summed E-state index contributed by atoms with van der Waals surface area (Å²) in [5, 5.41) is 3.46. The number of aromatic nitrogens is 1. The monoisotopic (exact) mass is 242 g/mol. The first-order valence-corrected chi connectivity index (χ1v) is 6.64. The molecule has 1 N–H and O–H groups in total. The van der Waals surface area contributed by atoms with Crippen molar-refractivity contribution in [2.75, 3.05) is 6.54 Å². The molecule has 0 radical (unpaired) electrons. The zero-order valence-electron chi connectivity index (χ0n) is 11.5. The van der Waals surface area contributed by atoms with E-state index < -0.39 is 0 Å². The molecule has 1 atom stereocenters. The van der Waals surface area contributed by atoms with E-state index in [1.807, 2.05) is 0 Å². The lowest BCUT2D eigenvalue weighted by molar-refractivity contribution is 0.553. The Balaban J connectivity index is 2.17. The summed E-state index contributed by atoms with van der Waals surface area (Å²) >= 11 is 0. The van der Waals surface area contributed by atoms with Gasteiger partial charge in [-0.15, -0.1) is 0 Å². The quantitative estimate of drug-likeness (QED) is 0.849. The van der Waals surface area contributed by atoms with Gasteiger partial charge >= 0.3 is 0 Å². The predicted molar refractivity (Wildman–Crippen MR) is 76.8 cm³/mol. The smallest absolute Gasteiger partial charge is 0.0473 e. The molecular formula is C16H22N2. The number of nitrogens with one attached hydrogen (secondary N) is 1. The lowest BCUT2D eigenvalue weighted by Crippen LogP contribution is -2.20. The maximum absolute atomic E-state index is 3.46. The van der Waals surface area contributed by atoms with Crippen molar-refractivity contribution in [3.63, 3.8) is 0 Å². The highest BCUT2D eigenvalue weighted by molar-refractivity contribution is 5.24. The SMILES string of the molecule is CCNC(C)c1cccn1Cc1cccc(C)c1. The Morgan fingerprint density at radius 2 is 2.06 bits per heavy atom. The molecule has 0 fully saturated rings. The predicted octanol–water partition coefficient (Wildman–Crippen LogP) is 3.52. The number of aryl methyl sites for hydroxylation is 1. The van der Waals surface area contributed by atoms with E-state index in [2.05, 4.69) is 73.3 Å². The molecule has 0 aliphatic heterocycles. The van der Waals surface area contributed by atoms with Crippen molar-refractivity contribution in [1.29, 1.82) is 0 Å². The molecule has 0 saturated carbocycles. The van der Waals surface area contributed by atoms with Crippen LogP contribution in [0.15, 0.2) is 42.6 Å². The van der Waals surface area contributed by atoms with Gasteiger partial charge in [-0.1, -0.05) is 36.8 Å². The van der Waals surface area contributed by atoms with Crippen LogP contribution in [0, 0.1) is 6.92 Å². The zero-order valence-corrected chi connectivity index (χ0v) is 11.5. The van der Waals surface area contributed by atoms with E-state index >= 15 is 0 Å². The van der Waals surface area contributed by atoms with E-state index in [9.17, 15) is 0 Å². The van der Waals surface area contributed by atoms with Crippen molar-refractivity contribution < 1.29 is 0 Å². The van der Waals surface area contributed by atoms with Crippen LogP contribution in [-0.2, 0) is 6.54 Å². The maximum Gasteiger partial charge on any atom is 0.0473 e. The molecule has 2 aromatic rings. The molecule has 1 heterocycles. The molecule has 0 aliphatic rings. The highest BCUT2D eigenvalue weighted by Gasteiger charge is 2.08. The molecule has 0 aliphatic carbocycles. The van der Waals surface area contributed by atoms with Gasteiger partial charge in [0, 0.05) is 24.5 Å². The fraction of sp³-hybridized carbons (Fsp3) is 0.375. The second kappa shape index (κ2) is 5.87. The Morgan fingerprint density at radius 1 is 1.22 bits per heavy atom. The van der Waals surface area contributed by atoms with Gasteiger partial charge in [-0.3, -0.25) is 0 Å². The van der Waals surface area contributed by atoms with Crippen molar-refractivity contribution in [3.8, 4) is 0 Å². The van der Waals surface area contributed by atoms with Gasteiger partial charge in [0.2, 0.25) is 0 Å². The van der Waals surface area contributed by atoms with Gasteiger partial charge < -0.3 is 9.88 Å². The number of benzene rings is 1. The standard InChI is InChI=1S/C16H22N2/c1-4-17-14(3)16-9-6-10-18(16)12-15-8-5-7-13(2)11-15/h5-11,14,17H,4,12H2,1-3H3. The molecule has 1 aromatic heterocycles. The molecular weight excluding hydrogens is 220 g/mol. The Morgan fingerprint density at radius 3 is 2.78 bits per heavy atom. The van der Waals surface area contributed by atoms with Gasteiger partial charge in [-0.25, -0.2) is 0 Å². The van der Waals surface area contributed by atoms with Gasteiger partial charge in [0.25, 0.3) is 0 Å². The van der Waals surface area contributed by atoms with Crippen LogP contribution >= 0.6 is 0 Å². The summed E-state index contributed by atoms with van der Waals surface area (Å²) < 4.78 is 2.32. The summed E-state index contributed by atoms with van der Waals surface area (Å²) in [6.45, 7) is 8.44. The minimum Gasteiger partial charge on any atom is -0.346 e. The van der Waals surface area contributed by atoms with Crippen molar-refractivity contribution >= 4 is 0 Å². The third-order valence-corrected chi connectivity index (χ3v) is 3.25. The van der Waals surface area contributed by atoms with E-state index in [4.69, 9.17) is 0 Å². The van der Waals surface area contributed by atoms with Gasteiger partial charge in [0.15, 0.2) is 0 Å². The molecule has 18 heavy (non-hydrogen) atoms. The normalized spacial score (nSPS) is 12.6. The Labute approximate surface area is 110 Å². The van der Waals surface area contributed by atoms with Crippen molar-refractivity contribution in [1.82, 2.24) is 9.88 Å². The Bertz CT molecular complexity index is 499. The summed E-state index contributed by atoms with van der Waals surface area (Å²) in [6.07, 6.45) is 2.16. The minimum absolute atomic E-state index is 0.398. The van der Waals surface area contributed by atoms with Crippen molar-refractivity contribution in [2.45, 2.75) is 33.4 Å². The van der Waals surface area contributed by atoms with E-state index in [0.717, 1.165) is 13.1 Å². The topological polar surface area (TPSA) is 17.0 Å². The van der Waals surface area contributed by atoms with Gasteiger partial charge in [-0.2, -0.15) is 0 Å². The zero-order chi connectivity index (χ0) is 13.0. The summed E-state index contributed by atoms with van der Waals surface area (Å²) in [4.78, 5) is 0. The van der Waals surface area contributed by atoms with Crippen LogP contribution < -0.4 is 5.32 Å². The second-order valence-corrected chi connectivity index (χ2v) is 4.83. The first-order valence-electron chi connectivity index (χ1n) is 6.64. The van der Waals surface area contributed by atoms with Crippen LogP contribution in [-0.4, -0.2) is 11.1 Å². The molecule has 0 saturated heterocycles. The van der Waals surface area contributed by atoms with Gasteiger partial charge in [-0.05, 0) is 38.1 Å². The Kier molecular flexibility index (Phi) is 4.21. The van der Waals surface area contributed by atoms with Crippen LogP contribution in [0.4, 0.5) is 0 Å². The van der Waals surface area contributed by atoms with E-state index in [1.54, 1.807) is 0 Å². The number of hydrogen-bond acceptors (Lipinski definition) is 1. The molecule has 2 rings (SSSR count). The third-order valence-electron chi connectivity index (χ3n) is 3.25. The largest absolute Gasteiger partial charge is 0.346 e. The van der Waals surface area contributed by atoms with E-state index in [-0.39, 0.29) is 0 Å².